The number of ether oxygens (including phenoxy) is 1. The van der Waals surface area contributed by atoms with Crippen LogP contribution in [-0.2, 0) is 21.4 Å². The van der Waals surface area contributed by atoms with Gasteiger partial charge in [-0.05, 0) is 19.4 Å². The van der Waals surface area contributed by atoms with E-state index in [9.17, 15) is 13.2 Å². The number of benzene rings is 1. The Bertz CT molecular complexity index is 615. The number of rotatable bonds is 2. The fourth-order valence-electron chi connectivity index (χ4n) is 1.73. The van der Waals surface area contributed by atoms with Gasteiger partial charge in [0.15, 0.2) is 0 Å². The highest BCUT2D eigenvalue weighted by Gasteiger charge is 2.44. The Morgan fingerprint density at radius 2 is 1.89 bits per heavy atom. The SMILES string of the molecule is CC(C)=C1CN(C(=O)OCc2ccccc2)S1(=O)=O. The van der Waals surface area contributed by atoms with Gasteiger partial charge >= 0.3 is 6.09 Å². The van der Waals surface area contributed by atoms with Crippen molar-refractivity contribution < 1.29 is 17.9 Å². The van der Waals surface area contributed by atoms with E-state index < -0.39 is 16.1 Å². The van der Waals surface area contributed by atoms with E-state index in [2.05, 4.69) is 0 Å². The van der Waals surface area contributed by atoms with Crippen molar-refractivity contribution in [3.63, 3.8) is 0 Å². The van der Waals surface area contributed by atoms with Gasteiger partial charge in [0.1, 0.15) is 6.61 Å². The predicted molar refractivity (Wildman–Crippen MR) is 70.6 cm³/mol. The lowest BCUT2D eigenvalue weighted by Gasteiger charge is -2.32. The molecule has 1 aliphatic heterocycles. The van der Waals surface area contributed by atoms with Crippen LogP contribution in [-0.4, -0.2) is 25.4 Å². The first-order valence-electron chi connectivity index (χ1n) is 5.82. The zero-order valence-corrected chi connectivity index (χ0v) is 11.6. The van der Waals surface area contributed by atoms with Crippen LogP contribution in [0.2, 0.25) is 0 Å². The van der Waals surface area contributed by atoms with Gasteiger partial charge in [-0.2, -0.15) is 4.31 Å². The first-order valence-corrected chi connectivity index (χ1v) is 7.26. The van der Waals surface area contributed by atoms with Gasteiger partial charge in [0, 0.05) is 0 Å². The van der Waals surface area contributed by atoms with E-state index in [0.29, 0.717) is 10.5 Å². The number of nitrogens with zero attached hydrogens (tertiary/aromatic N) is 1. The smallest absolute Gasteiger partial charge is 0.424 e. The first-order chi connectivity index (χ1) is 8.93. The third-order valence-corrected chi connectivity index (χ3v) is 4.87. The summed E-state index contributed by atoms with van der Waals surface area (Å²) in [4.78, 5) is 12.0. The second-order valence-electron chi connectivity index (χ2n) is 4.48. The highest BCUT2D eigenvalue weighted by atomic mass is 32.2. The van der Waals surface area contributed by atoms with Crippen LogP contribution >= 0.6 is 0 Å². The molecule has 0 bridgehead atoms. The molecule has 1 saturated heterocycles. The average Bonchev–Trinajstić information content (AvgIpc) is 2.36. The molecule has 1 amide bonds. The number of sulfonamides is 1. The minimum Gasteiger partial charge on any atom is -0.444 e. The van der Waals surface area contributed by atoms with Crippen molar-refractivity contribution in [1.29, 1.82) is 0 Å². The van der Waals surface area contributed by atoms with Crippen LogP contribution in [0, 0.1) is 0 Å². The van der Waals surface area contributed by atoms with Gasteiger partial charge in [-0.1, -0.05) is 35.9 Å². The molecule has 19 heavy (non-hydrogen) atoms. The quantitative estimate of drug-likeness (QED) is 0.834. The lowest BCUT2D eigenvalue weighted by Crippen LogP contribution is -2.49. The normalized spacial score (nSPS) is 16.7. The summed E-state index contributed by atoms with van der Waals surface area (Å²) in [6.07, 6.45) is -0.825. The van der Waals surface area contributed by atoms with Crippen LogP contribution in [0.5, 0.6) is 0 Å². The molecule has 0 radical (unpaired) electrons. The van der Waals surface area contributed by atoms with Crippen molar-refractivity contribution in [2.75, 3.05) is 6.54 Å². The third-order valence-electron chi connectivity index (χ3n) is 2.86. The van der Waals surface area contributed by atoms with Crippen molar-refractivity contribution in [3.8, 4) is 0 Å². The Labute approximate surface area is 112 Å². The summed E-state index contributed by atoms with van der Waals surface area (Å²) in [5.74, 6) is 0. The lowest BCUT2D eigenvalue weighted by molar-refractivity contribution is 0.118. The summed E-state index contributed by atoms with van der Waals surface area (Å²) in [6.45, 7) is 3.58. The zero-order valence-electron chi connectivity index (χ0n) is 10.8. The minimum absolute atomic E-state index is 0.0653. The van der Waals surface area contributed by atoms with Gasteiger partial charge in [0.05, 0.1) is 11.4 Å². The maximum Gasteiger partial charge on any atom is 0.424 e. The van der Waals surface area contributed by atoms with E-state index in [-0.39, 0.29) is 13.2 Å². The van der Waals surface area contributed by atoms with Gasteiger partial charge in [0.2, 0.25) is 0 Å². The number of hydrogen-bond acceptors (Lipinski definition) is 4. The second kappa shape index (κ2) is 5.05. The van der Waals surface area contributed by atoms with Crippen molar-refractivity contribution in [1.82, 2.24) is 4.31 Å². The van der Waals surface area contributed by atoms with Crippen LogP contribution < -0.4 is 0 Å². The summed E-state index contributed by atoms with van der Waals surface area (Å²) in [5.41, 5.74) is 1.52. The predicted octanol–water partition coefficient (Wildman–Crippen LogP) is 2.26. The Kier molecular flexibility index (Phi) is 3.61. The van der Waals surface area contributed by atoms with Crippen molar-refractivity contribution in [2.24, 2.45) is 0 Å². The Hall–Kier alpha value is -1.82. The van der Waals surface area contributed by atoms with Crippen LogP contribution in [0.25, 0.3) is 0 Å². The Balaban J connectivity index is 1.99. The highest BCUT2D eigenvalue weighted by Crippen LogP contribution is 2.29. The van der Waals surface area contributed by atoms with Crippen LogP contribution in [0.15, 0.2) is 40.8 Å². The maximum atomic E-state index is 11.8. The topological polar surface area (TPSA) is 63.7 Å². The first kappa shape index (κ1) is 13.6. The fraction of sp³-hybridized carbons (Fsp3) is 0.308. The van der Waals surface area contributed by atoms with Crippen molar-refractivity contribution >= 4 is 16.1 Å². The van der Waals surface area contributed by atoms with E-state index >= 15 is 0 Å². The molecule has 0 spiro atoms. The molecule has 0 aliphatic carbocycles. The van der Waals surface area contributed by atoms with Gasteiger partial charge in [-0.25, -0.2) is 13.2 Å². The monoisotopic (exact) mass is 281 g/mol. The fourth-order valence-corrected chi connectivity index (χ4v) is 3.14. The largest absolute Gasteiger partial charge is 0.444 e. The number of carbonyl (C=O) groups is 1. The number of amides is 1. The summed E-state index contributed by atoms with van der Waals surface area (Å²) >= 11 is 0. The number of allylic oxidation sites excluding steroid dienone is 1. The Morgan fingerprint density at radius 3 is 2.42 bits per heavy atom. The lowest BCUT2D eigenvalue weighted by atomic mass is 10.2. The molecule has 1 heterocycles. The summed E-state index contributed by atoms with van der Waals surface area (Å²) in [6, 6.07) is 9.11. The molecule has 0 saturated carbocycles. The molecular weight excluding hydrogens is 266 g/mol. The van der Waals surface area contributed by atoms with E-state index in [1.807, 2.05) is 18.2 Å². The molecular formula is C13H15NO4S. The number of carbonyl (C=O) groups excluding carboxylic acids is 1. The van der Waals surface area contributed by atoms with E-state index in [1.54, 1.807) is 26.0 Å². The Morgan fingerprint density at radius 1 is 1.26 bits per heavy atom. The van der Waals surface area contributed by atoms with Gasteiger partial charge < -0.3 is 4.74 Å². The van der Waals surface area contributed by atoms with Crippen LogP contribution in [0.3, 0.4) is 0 Å². The summed E-state index contributed by atoms with van der Waals surface area (Å²) in [7, 11) is -3.63. The standard InChI is InChI=1S/C13H15NO4S/c1-10(2)12-8-14(19(12,16)17)13(15)18-9-11-6-4-3-5-7-11/h3-7H,8-9H2,1-2H3. The molecule has 1 aromatic carbocycles. The minimum atomic E-state index is -3.63. The second-order valence-corrected chi connectivity index (χ2v) is 6.36. The van der Waals surface area contributed by atoms with Crippen LogP contribution in [0.1, 0.15) is 19.4 Å². The molecule has 1 fully saturated rings. The molecule has 0 unspecified atom stereocenters. The summed E-state index contributed by atoms with van der Waals surface area (Å²) in [5, 5.41) is 0. The van der Waals surface area contributed by atoms with Crippen molar-refractivity contribution in [3.05, 3.63) is 46.4 Å². The van der Waals surface area contributed by atoms with E-state index in [1.165, 1.54) is 0 Å². The van der Waals surface area contributed by atoms with Gasteiger partial charge in [-0.3, -0.25) is 0 Å². The molecule has 0 aromatic heterocycles. The van der Waals surface area contributed by atoms with E-state index in [4.69, 9.17) is 4.74 Å². The van der Waals surface area contributed by atoms with E-state index in [0.717, 1.165) is 9.87 Å². The van der Waals surface area contributed by atoms with Crippen molar-refractivity contribution in [2.45, 2.75) is 20.5 Å². The molecule has 6 heteroatoms. The van der Waals surface area contributed by atoms with Gasteiger partial charge in [0.25, 0.3) is 10.0 Å². The zero-order chi connectivity index (χ0) is 14.0. The van der Waals surface area contributed by atoms with Gasteiger partial charge in [-0.15, -0.1) is 0 Å². The summed E-state index contributed by atoms with van der Waals surface area (Å²) < 4.78 is 29.4. The molecule has 102 valence electrons. The molecule has 0 N–H and O–H groups in total. The molecule has 0 atom stereocenters. The molecule has 2 rings (SSSR count). The third kappa shape index (κ3) is 2.63. The molecule has 1 aliphatic rings. The molecule has 5 nitrogen and oxygen atoms in total. The highest BCUT2D eigenvalue weighted by molar-refractivity contribution is 7.95. The number of hydrogen-bond donors (Lipinski definition) is 0. The molecule has 1 aromatic rings. The maximum absolute atomic E-state index is 11.8. The van der Waals surface area contributed by atoms with Crippen LogP contribution in [0.4, 0.5) is 4.79 Å². The average molecular weight is 281 g/mol.